The zero-order valence-electron chi connectivity index (χ0n) is 11.1. The lowest BCUT2D eigenvalue weighted by Crippen LogP contribution is -2.33. The third-order valence-corrected chi connectivity index (χ3v) is 6.25. The Balaban J connectivity index is 3.05. The van der Waals surface area contributed by atoms with Crippen molar-refractivity contribution in [1.82, 2.24) is 0 Å². The fourth-order valence-electron chi connectivity index (χ4n) is 1.72. The van der Waals surface area contributed by atoms with E-state index in [4.69, 9.17) is 0 Å². The van der Waals surface area contributed by atoms with Crippen LogP contribution in [0.1, 0.15) is 39.7 Å². The standard InChI is InChI=1S/C14H22O2S/c1-5-12(2)11-17(15,16)14(3,4)13-9-7-6-8-10-13/h6-10,12H,5,11H2,1-4H3. The molecular formula is C14H22O2S. The van der Waals surface area contributed by atoms with Crippen LogP contribution in [0.15, 0.2) is 30.3 Å². The smallest absolute Gasteiger partial charge is 0.159 e. The van der Waals surface area contributed by atoms with Crippen molar-refractivity contribution in [2.24, 2.45) is 5.92 Å². The summed E-state index contributed by atoms with van der Waals surface area (Å²) in [5.41, 5.74) is 0.864. The van der Waals surface area contributed by atoms with Gasteiger partial charge in [-0.3, -0.25) is 0 Å². The van der Waals surface area contributed by atoms with Gasteiger partial charge in [-0.25, -0.2) is 8.42 Å². The third-order valence-electron chi connectivity index (χ3n) is 3.45. The van der Waals surface area contributed by atoms with E-state index in [2.05, 4.69) is 0 Å². The first-order valence-corrected chi connectivity index (χ1v) is 7.74. The Morgan fingerprint density at radius 2 is 1.71 bits per heavy atom. The molecule has 0 aliphatic carbocycles. The molecule has 0 aliphatic heterocycles. The third kappa shape index (κ3) is 3.09. The molecule has 0 radical (unpaired) electrons. The topological polar surface area (TPSA) is 34.1 Å². The summed E-state index contributed by atoms with van der Waals surface area (Å²) in [7, 11) is -3.12. The van der Waals surface area contributed by atoms with Crippen molar-refractivity contribution in [3.63, 3.8) is 0 Å². The molecule has 3 heteroatoms. The maximum Gasteiger partial charge on any atom is 0.159 e. The van der Waals surface area contributed by atoms with Crippen LogP contribution in [0, 0.1) is 5.92 Å². The van der Waals surface area contributed by atoms with Gasteiger partial charge in [0.2, 0.25) is 0 Å². The van der Waals surface area contributed by atoms with Gasteiger partial charge in [-0.1, -0.05) is 50.6 Å². The van der Waals surface area contributed by atoms with Crippen molar-refractivity contribution in [3.05, 3.63) is 35.9 Å². The Labute approximate surface area is 105 Å². The van der Waals surface area contributed by atoms with Gasteiger partial charge in [-0.15, -0.1) is 0 Å². The highest BCUT2D eigenvalue weighted by molar-refractivity contribution is 7.92. The first kappa shape index (κ1) is 14.2. The van der Waals surface area contributed by atoms with Gasteiger partial charge in [0.15, 0.2) is 9.84 Å². The van der Waals surface area contributed by atoms with Crippen molar-refractivity contribution < 1.29 is 8.42 Å². The molecule has 1 unspecified atom stereocenters. The van der Waals surface area contributed by atoms with Crippen LogP contribution in [0.25, 0.3) is 0 Å². The minimum absolute atomic E-state index is 0.211. The zero-order chi connectivity index (χ0) is 13.1. The van der Waals surface area contributed by atoms with Gasteiger partial charge in [-0.05, 0) is 25.3 Å². The fourth-order valence-corrected chi connectivity index (χ4v) is 3.62. The summed E-state index contributed by atoms with van der Waals surface area (Å²) in [4.78, 5) is 0. The highest BCUT2D eigenvalue weighted by Gasteiger charge is 2.36. The molecule has 0 aliphatic rings. The van der Waals surface area contributed by atoms with E-state index < -0.39 is 14.6 Å². The molecule has 0 amide bonds. The van der Waals surface area contributed by atoms with E-state index in [-0.39, 0.29) is 11.7 Å². The van der Waals surface area contributed by atoms with Crippen LogP contribution in [0.3, 0.4) is 0 Å². The quantitative estimate of drug-likeness (QED) is 0.807. The van der Waals surface area contributed by atoms with Crippen LogP contribution in [-0.2, 0) is 14.6 Å². The Kier molecular flexibility index (Phi) is 4.36. The van der Waals surface area contributed by atoms with Gasteiger partial charge < -0.3 is 0 Å². The summed E-state index contributed by atoms with van der Waals surface area (Å²) in [6.45, 7) is 7.59. The van der Waals surface area contributed by atoms with Gasteiger partial charge in [0.05, 0.1) is 10.5 Å². The largest absolute Gasteiger partial charge is 0.228 e. The molecular weight excluding hydrogens is 232 g/mol. The van der Waals surface area contributed by atoms with Crippen molar-refractivity contribution in [1.29, 1.82) is 0 Å². The van der Waals surface area contributed by atoms with E-state index in [9.17, 15) is 8.42 Å². The molecule has 1 rings (SSSR count). The normalized spacial score (nSPS) is 14.6. The first-order chi connectivity index (χ1) is 7.81. The Morgan fingerprint density at radius 1 is 1.18 bits per heavy atom. The molecule has 0 saturated heterocycles. The second-order valence-electron chi connectivity index (χ2n) is 5.17. The Hall–Kier alpha value is -0.830. The van der Waals surface area contributed by atoms with Crippen LogP contribution in [0.5, 0.6) is 0 Å². The molecule has 0 fully saturated rings. The van der Waals surface area contributed by atoms with E-state index >= 15 is 0 Å². The van der Waals surface area contributed by atoms with Gasteiger partial charge in [0, 0.05) is 0 Å². The number of hydrogen-bond acceptors (Lipinski definition) is 2. The fraction of sp³-hybridized carbons (Fsp3) is 0.571. The molecule has 1 aromatic carbocycles. The summed E-state index contributed by atoms with van der Waals surface area (Å²) in [5, 5.41) is 0. The maximum absolute atomic E-state index is 12.4. The molecule has 0 N–H and O–H groups in total. The summed E-state index contributed by atoms with van der Waals surface area (Å²) in [6.07, 6.45) is 0.893. The predicted molar refractivity (Wildman–Crippen MR) is 72.7 cm³/mol. The van der Waals surface area contributed by atoms with Crippen LogP contribution in [0.4, 0.5) is 0 Å². The number of sulfone groups is 1. The van der Waals surface area contributed by atoms with E-state index in [1.807, 2.05) is 44.2 Å². The lowest BCUT2D eigenvalue weighted by Gasteiger charge is -2.26. The molecule has 0 bridgehead atoms. The van der Waals surface area contributed by atoms with E-state index in [0.29, 0.717) is 0 Å². The molecule has 1 atom stereocenters. The highest BCUT2D eigenvalue weighted by Crippen LogP contribution is 2.31. The van der Waals surface area contributed by atoms with Crippen molar-refractivity contribution in [3.8, 4) is 0 Å². The number of benzene rings is 1. The van der Waals surface area contributed by atoms with Crippen molar-refractivity contribution in [2.45, 2.75) is 38.9 Å². The lowest BCUT2D eigenvalue weighted by molar-refractivity contribution is 0.530. The highest BCUT2D eigenvalue weighted by atomic mass is 32.2. The average Bonchev–Trinajstić information content (AvgIpc) is 2.29. The molecule has 96 valence electrons. The van der Waals surface area contributed by atoms with Crippen LogP contribution in [-0.4, -0.2) is 14.2 Å². The van der Waals surface area contributed by atoms with Gasteiger partial charge in [0.25, 0.3) is 0 Å². The zero-order valence-corrected chi connectivity index (χ0v) is 11.9. The molecule has 0 saturated carbocycles. The van der Waals surface area contributed by atoms with Crippen molar-refractivity contribution >= 4 is 9.84 Å². The molecule has 0 aromatic heterocycles. The summed E-state index contributed by atoms with van der Waals surface area (Å²) < 4.78 is 24.0. The predicted octanol–water partition coefficient (Wildman–Crippen LogP) is 3.38. The van der Waals surface area contributed by atoms with Crippen LogP contribution >= 0.6 is 0 Å². The van der Waals surface area contributed by atoms with E-state index in [0.717, 1.165) is 12.0 Å². The molecule has 1 aromatic rings. The lowest BCUT2D eigenvalue weighted by atomic mass is 10.0. The van der Waals surface area contributed by atoms with Crippen LogP contribution < -0.4 is 0 Å². The second kappa shape index (κ2) is 5.21. The summed E-state index contributed by atoms with van der Waals surface area (Å²) in [5.74, 6) is 0.466. The average molecular weight is 254 g/mol. The molecule has 17 heavy (non-hydrogen) atoms. The second-order valence-corrected chi connectivity index (χ2v) is 7.75. The van der Waals surface area contributed by atoms with Gasteiger partial charge >= 0.3 is 0 Å². The molecule has 0 spiro atoms. The molecule has 2 nitrogen and oxygen atoms in total. The van der Waals surface area contributed by atoms with Crippen LogP contribution in [0.2, 0.25) is 0 Å². The summed E-state index contributed by atoms with van der Waals surface area (Å²) >= 11 is 0. The maximum atomic E-state index is 12.4. The van der Waals surface area contributed by atoms with E-state index in [1.54, 1.807) is 13.8 Å². The monoisotopic (exact) mass is 254 g/mol. The Morgan fingerprint density at radius 3 is 2.18 bits per heavy atom. The molecule has 0 heterocycles. The SMILES string of the molecule is CCC(C)CS(=O)(=O)C(C)(C)c1ccccc1. The Bertz CT molecular complexity index is 446. The number of hydrogen-bond donors (Lipinski definition) is 0. The first-order valence-electron chi connectivity index (χ1n) is 6.09. The van der Waals surface area contributed by atoms with E-state index in [1.165, 1.54) is 0 Å². The minimum Gasteiger partial charge on any atom is -0.228 e. The number of rotatable bonds is 5. The van der Waals surface area contributed by atoms with Gasteiger partial charge in [0.1, 0.15) is 0 Å². The van der Waals surface area contributed by atoms with Gasteiger partial charge in [-0.2, -0.15) is 0 Å². The summed E-state index contributed by atoms with van der Waals surface area (Å²) in [6, 6.07) is 9.44. The minimum atomic E-state index is -3.12. The van der Waals surface area contributed by atoms with Crippen molar-refractivity contribution in [2.75, 3.05) is 5.75 Å².